The largest absolute Gasteiger partial charge is 0.340 e. The van der Waals surface area contributed by atoms with Gasteiger partial charge in [-0.2, -0.15) is 0 Å². The lowest BCUT2D eigenvalue weighted by Gasteiger charge is -2.22. The first-order valence-corrected chi connectivity index (χ1v) is 6.79. The van der Waals surface area contributed by atoms with Gasteiger partial charge < -0.3 is 10.6 Å². The minimum absolute atomic E-state index is 0.368. The van der Waals surface area contributed by atoms with Gasteiger partial charge in [0.05, 0.1) is 0 Å². The van der Waals surface area contributed by atoms with Crippen molar-refractivity contribution >= 4 is 5.91 Å². The Morgan fingerprint density at radius 2 is 2.00 bits per heavy atom. The second kappa shape index (κ2) is 7.66. The second-order valence-electron chi connectivity index (χ2n) is 4.77. The number of rotatable bonds is 9. The van der Waals surface area contributed by atoms with Crippen molar-refractivity contribution in [2.24, 2.45) is 5.73 Å². The van der Waals surface area contributed by atoms with Crippen molar-refractivity contribution in [1.82, 2.24) is 4.90 Å². The van der Waals surface area contributed by atoms with E-state index in [0.29, 0.717) is 11.9 Å². The van der Waals surface area contributed by atoms with Gasteiger partial charge in [0, 0.05) is 19.0 Å². The molecule has 0 aliphatic heterocycles. The number of carbonyl (C=O) groups excluding carboxylic acids is 1. The number of carbonyl (C=O) groups is 1. The van der Waals surface area contributed by atoms with Gasteiger partial charge in [-0.25, -0.2) is 0 Å². The van der Waals surface area contributed by atoms with E-state index in [-0.39, 0.29) is 0 Å². The van der Waals surface area contributed by atoms with Crippen LogP contribution in [0.15, 0.2) is 0 Å². The zero-order valence-corrected chi connectivity index (χ0v) is 10.6. The molecule has 94 valence electrons. The molecule has 0 aromatic rings. The molecule has 16 heavy (non-hydrogen) atoms. The van der Waals surface area contributed by atoms with Gasteiger partial charge in [-0.15, -0.1) is 0 Å². The van der Waals surface area contributed by atoms with Crippen LogP contribution in [0.25, 0.3) is 0 Å². The Morgan fingerprint density at radius 3 is 2.56 bits per heavy atom. The van der Waals surface area contributed by atoms with Crippen molar-refractivity contribution in [1.29, 1.82) is 0 Å². The summed E-state index contributed by atoms with van der Waals surface area (Å²) in [5, 5.41) is 0. The summed E-state index contributed by atoms with van der Waals surface area (Å²) in [7, 11) is 0. The molecule has 1 aliphatic carbocycles. The minimum Gasteiger partial charge on any atom is -0.340 e. The van der Waals surface area contributed by atoms with Gasteiger partial charge in [0.25, 0.3) is 0 Å². The molecule has 0 aromatic carbocycles. The lowest BCUT2D eigenvalue weighted by Crippen LogP contribution is -2.33. The Morgan fingerprint density at radius 1 is 1.25 bits per heavy atom. The quantitative estimate of drug-likeness (QED) is 0.613. The first kappa shape index (κ1) is 13.5. The molecule has 1 amide bonds. The molecule has 3 nitrogen and oxygen atoms in total. The molecule has 1 aliphatic rings. The van der Waals surface area contributed by atoms with Crippen LogP contribution in [0.4, 0.5) is 0 Å². The molecule has 2 N–H and O–H groups in total. The maximum atomic E-state index is 12.0. The maximum absolute atomic E-state index is 12.0. The zero-order valence-electron chi connectivity index (χ0n) is 10.6. The molecule has 0 saturated heterocycles. The van der Waals surface area contributed by atoms with Gasteiger partial charge in [0.2, 0.25) is 5.91 Å². The predicted octanol–water partition coefficient (Wildman–Crippen LogP) is 2.30. The fourth-order valence-electron chi connectivity index (χ4n) is 1.97. The topological polar surface area (TPSA) is 46.3 Å². The molecule has 0 bridgehead atoms. The Kier molecular flexibility index (Phi) is 6.46. The van der Waals surface area contributed by atoms with Crippen molar-refractivity contribution in [3.63, 3.8) is 0 Å². The van der Waals surface area contributed by atoms with Gasteiger partial charge in [-0.3, -0.25) is 4.79 Å². The molecular weight excluding hydrogens is 200 g/mol. The number of nitrogens with zero attached hydrogens (tertiary/aromatic N) is 1. The van der Waals surface area contributed by atoms with Gasteiger partial charge >= 0.3 is 0 Å². The number of hydrogen-bond acceptors (Lipinski definition) is 2. The average molecular weight is 226 g/mol. The minimum atomic E-state index is 0.368. The van der Waals surface area contributed by atoms with Crippen LogP contribution >= 0.6 is 0 Å². The number of nitrogens with two attached hydrogens (primary N) is 1. The molecule has 0 unspecified atom stereocenters. The van der Waals surface area contributed by atoms with Crippen LogP contribution in [0.5, 0.6) is 0 Å². The molecular formula is C13H26N2O. The monoisotopic (exact) mass is 226 g/mol. The van der Waals surface area contributed by atoms with E-state index in [1.165, 1.54) is 19.3 Å². The van der Waals surface area contributed by atoms with Crippen molar-refractivity contribution in [2.75, 3.05) is 13.1 Å². The van der Waals surface area contributed by atoms with Crippen molar-refractivity contribution in [3.8, 4) is 0 Å². The number of amides is 1. The zero-order chi connectivity index (χ0) is 11.8. The van der Waals surface area contributed by atoms with Crippen LogP contribution in [0.3, 0.4) is 0 Å². The van der Waals surface area contributed by atoms with Crippen LogP contribution in [0.1, 0.15) is 58.3 Å². The lowest BCUT2D eigenvalue weighted by molar-refractivity contribution is -0.132. The van der Waals surface area contributed by atoms with Crippen LogP contribution < -0.4 is 5.73 Å². The lowest BCUT2D eigenvalue weighted by atomic mass is 10.1. The Labute approximate surface area is 99.4 Å². The standard InChI is InChI=1S/C13H26N2O/c1-2-3-11-15(12-8-9-12)13(16)7-5-4-6-10-14/h12H,2-11,14H2,1H3. The molecule has 1 rings (SSSR count). The van der Waals surface area contributed by atoms with Gasteiger partial charge in [0.15, 0.2) is 0 Å². The normalized spacial score (nSPS) is 15.1. The smallest absolute Gasteiger partial charge is 0.222 e. The third-order valence-electron chi connectivity index (χ3n) is 3.16. The molecule has 1 fully saturated rings. The average Bonchev–Trinajstić information content (AvgIpc) is 3.09. The highest BCUT2D eigenvalue weighted by Crippen LogP contribution is 2.28. The molecule has 0 atom stereocenters. The highest BCUT2D eigenvalue weighted by Gasteiger charge is 2.31. The first-order valence-electron chi connectivity index (χ1n) is 6.79. The van der Waals surface area contributed by atoms with E-state index in [4.69, 9.17) is 5.73 Å². The fourth-order valence-corrected chi connectivity index (χ4v) is 1.97. The third kappa shape index (κ3) is 4.97. The van der Waals surface area contributed by atoms with Crippen LogP contribution in [0, 0.1) is 0 Å². The van der Waals surface area contributed by atoms with Gasteiger partial charge in [-0.1, -0.05) is 19.8 Å². The van der Waals surface area contributed by atoms with E-state index in [1.54, 1.807) is 0 Å². The molecule has 0 heterocycles. The summed E-state index contributed by atoms with van der Waals surface area (Å²) >= 11 is 0. The molecule has 0 aromatic heterocycles. The van der Waals surface area contributed by atoms with Crippen molar-refractivity contribution < 1.29 is 4.79 Å². The van der Waals surface area contributed by atoms with Crippen molar-refractivity contribution in [3.05, 3.63) is 0 Å². The Bertz CT molecular complexity index is 202. The van der Waals surface area contributed by atoms with E-state index < -0.39 is 0 Å². The van der Waals surface area contributed by atoms with Crippen LogP contribution in [-0.2, 0) is 4.79 Å². The van der Waals surface area contributed by atoms with E-state index in [9.17, 15) is 4.79 Å². The van der Waals surface area contributed by atoms with E-state index in [0.717, 1.165) is 45.2 Å². The highest BCUT2D eigenvalue weighted by molar-refractivity contribution is 5.76. The van der Waals surface area contributed by atoms with Gasteiger partial charge in [-0.05, 0) is 38.6 Å². The fraction of sp³-hybridized carbons (Fsp3) is 0.923. The van der Waals surface area contributed by atoms with Gasteiger partial charge in [0.1, 0.15) is 0 Å². The Balaban J connectivity index is 2.19. The maximum Gasteiger partial charge on any atom is 0.222 e. The van der Waals surface area contributed by atoms with E-state index >= 15 is 0 Å². The Hall–Kier alpha value is -0.570. The van der Waals surface area contributed by atoms with Crippen LogP contribution in [-0.4, -0.2) is 29.9 Å². The molecule has 0 spiro atoms. The first-order chi connectivity index (χ1) is 7.79. The summed E-state index contributed by atoms with van der Waals surface area (Å²) in [5.74, 6) is 0.368. The molecule has 0 radical (unpaired) electrons. The van der Waals surface area contributed by atoms with Crippen molar-refractivity contribution in [2.45, 2.75) is 64.3 Å². The third-order valence-corrected chi connectivity index (χ3v) is 3.16. The van der Waals surface area contributed by atoms with E-state index in [2.05, 4.69) is 11.8 Å². The number of hydrogen-bond donors (Lipinski definition) is 1. The predicted molar refractivity (Wildman–Crippen MR) is 67.2 cm³/mol. The van der Waals surface area contributed by atoms with Crippen LogP contribution in [0.2, 0.25) is 0 Å². The summed E-state index contributed by atoms with van der Waals surface area (Å²) < 4.78 is 0. The summed E-state index contributed by atoms with van der Waals surface area (Å²) in [6.07, 6.45) is 8.62. The summed E-state index contributed by atoms with van der Waals surface area (Å²) in [4.78, 5) is 14.1. The summed E-state index contributed by atoms with van der Waals surface area (Å²) in [5.41, 5.74) is 5.43. The highest BCUT2D eigenvalue weighted by atomic mass is 16.2. The summed E-state index contributed by atoms with van der Waals surface area (Å²) in [6.45, 7) is 3.89. The molecule has 1 saturated carbocycles. The van der Waals surface area contributed by atoms with E-state index in [1.807, 2.05) is 0 Å². The summed E-state index contributed by atoms with van der Waals surface area (Å²) in [6, 6.07) is 0.577. The second-order valence-corrected chi connectivity index (χ2v) is 4.77. The number of unbranched alkanes of at least 4 members (excludes halogenated alkanes) is 3. The SMILES string of the molecule is CCCCN(C(=O)CCCCCN)C1CC1. The molecule has 3 heteroatoms.